The van der Waals surface area contributed by atoms with Crippen molar-refractivity contribution in [1.29, 1.82) is 0 Å². The van der Waals surface area contributed by atoms with Crippen molar-refractivity contribution in [2.45, 2.75) is 0 Å². The lowest BCUT2D eigenvalue weighted by atomic mass is 10.5. The first-order chi connectivity index (χ1) is 7.03. The summed E-state index contributed by atoms with van der Waals surface area (Å²) in [4.78, 5) is 3.80. The van der Waals surface area contributed by atoms with Crippen LogP contribution in [0.4, 0.5) is 5.82 Å². The number of hydrogen-bond donors (Lipinski definition) is 1. The Morgan fingerprint density at radius 2 is 2.27 bits per heavy atom. The molecule has 0 amide bonds. The SMILES string of the molecule is COCCS(=O)(=O)Nc1cccc(Cl)n1. The van der Waals surface area contributed by atoms with Crippen LogP contribution in [-0.2, 0) is 14.8 Å². The molecule has 1 N–H and O–H groups in total. The molecule has 0 aliphatic rings. The quantitative estimate of drug-likeness (QED) is 0.796. The second-order valence-corrected chi connectivity index (χ2v) is 4.99. The van der Waals surface area contributed by atoms with Gasteiger partial charge in [0.05, 0.1) is 12.4 Å². The van der Waals surface area contributed by atoms with Gasteiger partial charge in [-0.3, -0.25) is 4.72 Å². The zero-order valence-electron chi connectivity index (χ0n) is 8.10. The number of aromatic nitrogens is 1. The van der Waals surface area contributed by atoms with Crippen LogP contribution in [0.3, 0.4) is 0 Å². The lowest BCUT2D eigenvalue weighted by Gasteiger charge is -2.06. The summed E-state index contributed by atoms with van der Waals surface area (Å²) in [5.41, 5.74) is 0. The molecule has 0 unspecified atom stereocenters. The summed E-state index contributed by atoms with van der Waals surface area (Å²) in [5.74, 6) is 0.0936. The Bertz CT molecular complexity index is 422. The Labute approximate surface area is 93.5 Å². The largest absolute Gasteiger partial charge is 0.384 e. The molecule has 0 saturated heterocycles. The molecule has 0 atom stereocenters. The van der Waals surface area contributed by atoms with Crippen molar-refractivity contribution in [3.8, 4) is 0 Å². The van der Waals surface area contributed by atoms with Gasteiger partial charge in [0.1, 0.15) is 11.0 Å². The maximum atomic E-state index is 11.4. The Kier molecular flexibility index (Phi) is 4.31. The first-order valence-electron chi connectivity index (χ1n) is 4.15. The number of nitrogens with zero attached hydrogens (tertiary/aromatic N) is 1. The van der Waals surface area contributed by atoms with Crippen molar-refractivity contribution in [1.82, 2.24) is 4.98 Å². The molecule has 0 aliphatic heterocycles. The molecule has 0 fully saturated rings. The van der Waals surface area contributed by atoms with Crippen LogP contribution in [0.1, 0.15) is 0 Å². The van der Waals surface area contributed by atoms with Gasteiger partial charge >= 0.3 is 0 Å². The number of rotatable bonds is 5. The maximum absolute atomic E-state index is 11.4. The van der Waals surface area contributed by atoms with E-state index in [1.807, 2.05) is 0 Å². The second-order valence-electron chi connectivity index (χ2n) is 2.76. The normalized spacial score (nSPS) is 11.3. The van der Waals surface area contributed by atoms with Gasteiger partial charge in [-0.1, -0.05) is 17.7 Å². The van der Waals surface area contributed by atoms with E-state index >= 15 is 0 Å². The fourth-order valence-electron chi connectivity index (χ4n) is 0.869. The van der Waals surface area contributed by atoms with Crippen LogP contribution in [0, 0.1) is 0 Å². The van der Waals surface area contributed by atoms with Crippen LogP contribution in [0.25, 0.3) is 0 Å². The first-order valence-corrected chi connectivity index (χ1v) is 6.18. The number of methoxy groups -OCH3 is 1. The molecule has 0 saturated carbocycles. The van der Waals surface area contributed by atoms with Crippen molar-refractivity contribution in [2.75, 3.05) is 24.2 Å². The van der Waals surface area contributed by atoms with Crippen molar-refractivity contribution in [3.05, 3.63) is 23.4 Å². The zero-order chi connectivity index (χ0) is 11.3. The van der Waals surface area contributed by atoms with Crippen LogP contribution >= 0.6 is 11.6 Å². The van der Waals surface area contributed by atoms with E-state index in [1.165, 1.54) is 13.2 Å². The molecule has 0 aliphatic carbocycles. The van der Waals surface area contributed by atoms with Gasteiger partial charge in [-0.05, 0) is 12.1 Å². The third kappa shape index (κ3) is 4.46. The summed E-state index contributed by atoms with van der Waals surface area (Å²) in [6.07, 6.45) is 0. The maximum Gasteiger partial charge on any atom is 0.236 e. The summed E-state index contributed by atoms with van der Waals surface area (Å²) in [6, 6.07) is 4.70. The van der Waals surface area contributed by atoms with Gasteiger partial charge in [-0.25, -0.2) is 13.4 Å². The predicted molar refractivity (Wildman–Crippen MR) is 58.5 cm³/mol. The van der Waals surface area contributed by atoms with Crippen LogP contribution in [0.5, 0.6) is 0 Å². The molecule has 1 rings (SSSR count). The average molecular weight is 251 g/mol. The number of sulfonamides is 1. The first kappa shape index (κ1) is 12.2. The molecule has 0 bridgehead atoms. The molecule has 15 heavy (non-hydrogen) atoms. The molecule has 1 aromatic rings. The minimum atomic E-state index is -3.41. The number of ether oxygens (including phenoxy) is 1. The Hall–Kier alpha value is -0.850. The highest BCUT2D eigenvalue weighted by Crippen LogP contribution is 2.10. The van der Waals surface area contributed by atoms with Gasteiger partial charge in [0.15, 0.2) is 0 Å². The Balaban J connectivity index is 2.69. The van der Waals surface area contributed by atoms with Gasteiger partial charge < -0.3 is 4.74 Å². The van der Waals surface area contributed by atoms with Crippen molar-refractivity contribution >= 4 is 27.4 Å². The van der Waals surface area contributed by atoms with E-state index in [0.29, 0.717) is 0 Å². The van der Waals surface area contributed by atoms with E-state index in [-0.39, 0.29) is 23.3 Å². The molecule has 5 nitrogen and oxygen atoms in total. The summed E-state index contributed by atoms with van der Waals surface area (Å²) in [5, 5.41) is 0.238. The number of pyridine rings is 1. The number of hydrogen-bond acceptors (Lipinski definition) is 4. The zero-order valence-corrected chi connectivity index (χ0v) is 9.68. The smallest absolute Gasteiger partial charge is 0.236 e. The molecule has 0 radical (unpaired) electrons. The highest BCUT2D eigenvalue weighted by Gasteiger charge is 2.10. The van der Waals surface area contributed by atoms with E-state index in [2.05, 4.69) is 14.4 Å². The minimum Gasteiger partial charge on any atom is -0.384 e. The second kappa shape index (κ2) is 5.29. The lowest BCUT2D eigenvalue weighted by molar-refractivity contribution is 0.217. The number of nitrogens with one attached hydrogen (secondary N) is 1. The molecular weight excluding hydrogens is 240 g/mol. The molecule has 7 heteroatoms. The Morgan fingerprint density at radius 3 is 2.87 bits per heavy atom. The van der Waals surface area contributed by atoms with Crippen molar-refractivity contribution < 1.29 is 13.2 Å². The number of anilines is 1. The molecule has 0 spiro atoms. The Morgan fingerprint density at radius 1 is 1.53 bits per heavy atom. The van der Waals surface area contributed by atoms with Crippen LogP contribution < -0.4 is 4.72 Å². The van der Waals surface area contributed by atoms with Gasteiger partial charge in [0.2, 0.25) is 10.0 Å². The molecule has 84 valence electrons. The molecule has 1 heterocycles. The number of halogens is 1. The fourth-order valence-corrected chi connectivity index (χ4v) is 1.95. The molecular formula is C8H11ClN2O3S. The molecule has 1 aromatic heterocycles. The summed E-state index contributed by atoms with van der Waals surface area (Å²) >= 11 is 5.61. The van der Waals surface area contributed by atoms with E-state index in [4.69, 9.17) is 11.6 Å². The summed E-state index contributed by atoms with van der Waals surface area (Å²) in [6.45, 7) is 0.135. The topological polar surface area (TPSA) is 68.3 Å². The minimum absolute atomic E-state index is 0.113. The third-order valence-electron chi connectivity index (χ3n) is 1.53. The van der Waals surface area contributed by atoms with Crippen molar-refractivity contribution in [3.63, 3.8) is 0 Å². The highest BCUT2D eigenvalue weighted by molar-refractivity contribution is 7.92. The van der Waals surface area contributed by atoms with E-state index in [0.717, 1.165) is 0 Å². The molecule has 0 aromatic carbocycles. The van der Waals surface area contributed by atoms with Crippen LogP contribution in [0.2, 0.25) is 5.15 Å². The van der Waals surface area contributed by atoms with Crippen LogP contribution in [-0.4, -0.2) is 32.9 Å². The van der Waals surface area contributed by atoms with Gasteiger partial charge in [-0.15, -0.1) is 0 Å². The van der Waals surface area contributed by atoms with Gasteiger partial charge in [-0.2, -0.15) is 0 Å². The van der Waals surface area contributed by atoms with Gasteiger partial charge in [0, 0.05) is 7.11 Å². The predicted octanol–water partition coefficient (Wildman–Crippen LogP) is 1.12. The standard InChI is InChI=1S/C8H11ClN2O3S/c1-14-5-6-15(12,13)11-8-4-2-3-7(9)10-8/h2-4H,5-6H2,1H3,(H,10,11). The van der Waals surface area contributed by atoms with Crippen molar-refractivity contribution in [2.24, 2.45) is 0 Å². The van der Waals surface area contributed by atoms with Gasteiger partial charge in [0.25, 0.3) is 0 Å². The van der Waals surface area contributed by atoms with E-state index in [1.54, 1.807) is 12.1 Å². The lowest BCUT2D eigenvalue weighted by Crippen LogP contribution is -2.20. The van der Waals surface area contributed by atoms with E-state index < -0.39 is 10.0 Å². The summed E-state index contributed by atoms with van der Waals surface area (Å²) in [7, 11) is -1.97. The summed E-state index contributed by atoms with van der Waals surface area (Å²) < 4.78 is 29.8. The average Bonchev–Trinajstić information content (AvgIpc) is 2.14. The fraction of sp³-hybridized carbons (Fsp3) is 0.375. The monoisotopic (exact) mass is 250 g/mol. The van der Waals surface area contributed by atoms with E-state index in [9.17, 15) is 8.42 Å². The highest BCUT2D eigenvalue weighted by atomic mass is 35.5. The van der Waals surface area contributed by atoms with Crippen LogP contribution in [0.15, 0.2) is 18.2 Å². The third-order valence-corrected chi connectivity index (χ3v) is 2.97.